The normalized spacial score (nSPS) is 40.0. The van der Waals surface area contributed by atoms with Crippen LogP contribution >= 0.6 is 0 Å². The van der Waals surface area contributed by atoms with Gasteiger partial charge in [-0.2, -0.15) is 0 Å². The maximum atomic E-state index is 12.5. The van der Waals surface area contributed by atoms with Crippen molar-refractivity contribution in [2.24, 2.45) is 10.8 Å². The summed E-state index contributed by atoms with van der Waals surface area (Å²) in [5.41, 5.74) is 0.0550. The zero-order chi connectivity index (χ0) is 13.5. The van der Waals surface area contributed by atoms with Crippen LogP contribution in [0.1, 0.15) is 40.5 Å². The summed E-state index contributed by atoms with van der Waals surface area (Å²) in [6.07, 6.45) is 2.85. The summed E-state index contributed by atoms with van der Waals surface area (Å²) in [6.45, 7) is 7.38. The minimum Gasteiger partial charge on any atom is -0.388 e. The summed E-state index contributed by atoms with van der Waals surface area (Å²) in [4.78, 5) is 12.5. The number of allylic oxidation sites excluding steroid dienone is 1. The first-order valence-electron chi connectivity index (χ1n) is 6.55. The monoisotopic (exact) mass is 248 g/mol. The predicted molar refractivity (Wildman–Crippen MR) is 67.9 cm³/mol. The number of ketones is 1. The minimum atomic E-state index is -1.44. The second-order valence-corrected chi connectivity index (χ2v) is 6.80. The molecule has 3 rings (SSSR count). The quantitative estimate of drug-likeness (QED) is 0.686. The Morgan fingerprint density at radius 1 is 1.28 bits per heavy atom. The first-order valence-corrected chi connectivity index (χ1v) is 6.55. The van der Waals surface area contributed by atoms with E-state index in [9.17, 15) is 15.0 Å². The molecule has 98 valence electrons. The Morgan fingerprint density at radius 3 is 2.33 bits per heavy atom. The van der Waals surface area contributed by atoms with E-state index in [-0.39, 0.29) is 5.78 Å². The van der Waals surface area contributed by atoms with E-state index >= 15 is 0 Å². The number of aliphatic hydroxyl groups is 2. The van der Waals surface area contributed by atoms with Crippen LogP contribution in [-0.4, -0.2) is 27.7 Å². The smallest absolute Gasteiger partial charge is 0.178 e. The number of Topliss-reactive ketones (excluding diaryl/α,β-unsaturated/α-hetero) is 1. The maximum Gasteiger partial charge on any atom is 0.178 e. The van der Waals surface area contributed by atoms with Crippen LogP contribution in [0.3, 0.4) is 0 Å². The van der Waals surface area contributed by atoms with Crippen LogP contribution < -0.4 is 0 Å². The van der Waals surface area contributed by atoms with Crippen LogP contribution in [0.2, 0.25) is 0 Å². The van der Waals surface area contributed by atoms with Crippen molar-refractivity contribution in [3.05, 3.63) is 22.8 Å². The SMILES string of the molecule is CC1=C2C(=CC(C)(C)C2O)C(C)(O)C(=O)C12CC2. The number of hydrogen-bond donors (Lipinski definition) is 2. The second-order valence-electron chi connectivity index (χ2n) is 6.80. The van der Waals surface area contributed by atoms with Crippen LogP contribution in [0, 0.1) is 10.8 Å². The van der Waals surface area contributed by atoms with Crippen molar-refractivity contribution in [1.29, 1.82) is 0 Å². The van der Waals surface area contributed by atoms with Gasteiger partial charge in [0.1, 0.15) is 5.60 Å². The maximum absolute atomic E-state index is 12.5. The molecule has 1 saturated carbocycles. The van der Waals surface area contributed by atoms with Gasteiger partial charge in [-0.1, -0.05) is 25.5 Å². The molecule has 3 heteroatoms. The van der Waals surface area contributed by atoms with Gasteiger partial charge in [0.15, 0.2) is 5.78 Å². The third-order valence-electron chi connectivity index (χ3n) is 5.06. The fraction of sp³-hybridized carbons (Fsp3) is 0.667. The van der Waals surface area contributed by atoms with Gasteiger partial charge >= 0.3 is 0 Å². The minimum absolute atomic E-state index is 0.0904. The molecule has 0 saturated heterocycles. The van der Waals surface area contributed by atoms with E-state index in [0.29, 0.717) is 5.57 Å². The Balaban J connectivity index is 2.29. The topological polar surface area (TPSA) is 57.5 Å². The average molecular weight is 248 g/mol. The lowest BCUT2D eigenvalue weighted by Crippen LogP contribution is -2.47. The molecule has 0 aromatic heterocycles. The van der Waals surface area contributed by atoms with Gasteiger partial charge in [0.05, 0.1) is 11.5 Å². The first-order chi connectivity index (χ1) is 8.14. The van der Waals surface area contributed by atoms with Gasteiger partial charge in [0.2, 0.25) is 0 Å². The summed E-state index contributed by atoms with van der Waals surface area (Å²) in [6, 6.07) is 0. The molecule has 0 aromatic carbocycles. The molecule has 3 nitrogen and oxygen atoms in total. The van der Waals surface area contributed by atoms with Gasteiger partial charge in [-0.05, 0) is 37.8 Å². The first kappa shape index (κ1) is 12.1. The Bertz CT molecular complexity index is 516. The summed E-state index contributed by atoms with van der Waals surface area (Å²) >= 11 is 0. The van der Waals surface area contributed by atoms with Crippen LogP contribution in [0.15, 0.2) is 22.8 Å². The molecule has 3 aliphatic rings. The number of aliphatic hydroxyl groups excluding tert-OH is 1. The largest absolute Gasteiger partial charge is 0.388 e. The molecule has 0 heterocycles. The third-order valence-corrected chi connectivity index (χ3v) is 5.06. The molecule has 0 aromatic rings. The van der Waals surface area contributed by atoms with Crippen LogP contribution in [-0.2, 0) is 4.79 Å². The van der Waals surface area contributed by atoms with Gasteiger partial charge < -0.3 is 10.2 Å². The summed E-state index contributed by atoms with van der Waals surface area (Å²) in [5, 5.41) is 21.1. The standard InChI is InChI=1S/C15H20O3/c1-8-10-9(7-13(2,3)11(10)16)14(4,18)12(17)15(8)5-6-15/h7,11,16,18H,5-6H2,1-4H3. The molecule has 2 N–H and O–H groups in total. The lowest BCUT2D eigenvalue weighted by molar-refractivity contribution is -0.137. The molecule has 1 fully saturated rings. The highest BCUT2D eigenvalue weighted by Gasteiger charge is 2.64. The molecular formula is C15H20O3. The van der Waals surface area contributed by atoms with E-state index in [2.05, 4.69) is 0 Å². The van der Waals surface area contributed by atoms with Gasteiger partial charge in [-0.25, -0.2) is 0 Å². The van der Waals surface area contributed by atoms with Gasteiger partial charge in [-0.15, -0.1) is 0 Å². The Labute approximate surface area is 107 Å². The van der Waals surface area contributed by atoms with E-state index < -0.39 is 22.5 Å². The number of hydrogen-bond acceptors (Lipinski definition) is 3. The lowest BCUT2D eigenvalue weighted by Gasteiger charge is -2.37. The fourth-order valence-electron chi connectivity index (χ4n) is 3.60. The van der Waals surface area contributed by atoms with Crippen molar-refractivity contribution < 1.29 is 15.0 Å². The Hall–Kier alpha value is -0.930. The highest BCUT2D eigenvalue weighted by atomic mass is 16.3. The summed E-state index contributed by atoms with van der Waals surface area (Å²) in [7, 11) is 0. The van der Waals surface area contributed by atoms with Crippen molar-refractivity contribution in [3.63, 3.8) is 0 Å². The molecule has 18 heavy (non-hydrogen) atoms. The van der Waals surface area contributed by atoms with Crippen LogP contribution in [0.25, 0.3) is 0 Å². The lowest BCUT2D eigenvalue weighted by atomic mass is 9.69. The molecule has 1 spiro atoms. The van der Waals surface area contributed by atoms with Gasteiger partial charge in [-0.3, -0.25) is 4.79 Å². The average Bonchev–Trinajstić information content (AvgIpc) is 3.01. The van der Waals surface area contributed by atoms with Crippen molar-refractivity contribution in [2.75, 3.05) is 0 Å². The molecule has 3 aliphatic carbocycles. The van der Waals surface area contributed by atoms with E-state index in [4.69, 9.17) is 0 Å². The van der Waals surface area contributed by atoms with E-state index in [1.165, 1.54) is 0 Å². The van der Waals surface area contributed by atoms with Crippen LogP contribution in [0.4, 0.5) is 0 Å². The Morgan fingerprint density at radius 2 is 1.83 bits per heavy atom. The summed E-state index contributed by atoms with van der Waals surface area (Å²) < 4.78 is 0. The molecular weight excluding hydrogens is 228 g/mol. The van der Waals surface area contributed by atoms with E-state index in [1.54, 1.807) is 6.92 Å². The highest BCUT2D eigenvalue weighted by molar-refractivity contribution is 6.03. The second kappa shape index (κ2) is 2.97. The number of fused-ring (bicyclic) bond motifs is 1. The molecule has 0 amide bonds. The fourth-order valence-corrected chi connectivity index (χ4v) is 3.60. The number of carbonyl (C=O) groups excluding carboxylic acids is 1. The van der Waals surface area contributed by atoms with E-state index in [0.717, 1.165) is 24.0 Å². The zero-order valence-electron chi connectivity index (χ0n) is 11.4. The zero-order valence-corrected chi connectivity index (χ0v) is 11.4. The molecule has 0 radical (unpaired) electrons. The molecule has 0 aliphatic heterocycles. The van der Waals surface area contributed by atoms with Crippen molar-refractivity contribution in [1.82, 2.24) is 0 Å². The number of rotatable bonds is 0. The van der Waals surface area contributed by atoms with Crippen molar-refractivity contribution in [3.8, 4) is 0 Å². The van der Waals surface area contributed by atoms with E-state index in [1.807, 2.05) is 26.8 Å². The third kappa shape index (κ3) is 1.14. The molecule has 2 unspecified atom stereocenters. The molecule has 0 bridgehead atoms. The number of carbonyl (C=O) groups is 1. The Kier molecular flexibility index (Phi) is 2.00. The van der Waals surface area contributed by atoms with Crippen molar-refractivity contribution in [2.45, 2.75) is 52.2 Å². The molecule has 2 atom stereocenters. The predicted octanol–water partition coefficient (Wildman–Crippen LogP) is 1.74. The van der Waals surface area contributed by atoms with Crippen molar-refractivity contribution >= 4 is 5.78 Å². The van der Waals surface area contributed by atoms with Crippen LogP contribution in [0.5, 0.6) is 0 Å². The summed E-state index contributed by atoms with van der Waals surface area (Å²) in [5.74, 6) is -0.0904. The van der Waals surface area contributed by atoms with Gasteiger partial charge in [0.25, 0.3) is 0 Å². The highest BCUT2D eigenvalue weighted by Crippen LogP contribution is 2.62. The van der Waals surface area contributed by atoms with Gasteiger partial charge in [0, 0.05) is 5.41 Å².